The average molecular weight is 132 g/mol. The Morgan fingerprint density at radius 1 is 1.44 bits per heavy atom. The Kier molecular flexibility index (Phi) is 2.45. The van der Waals surface area contributed by atoms with Crippen LogP contribution >= 0.6 is 0 Å². The minimum absolute atomic E-state index is 0.116. The van der Waals surface area contributed by atoms with E-state index in [9.17, 15) is 0 Å². The first-order chi connectivity index (χ1) is 4.33. The fourth-order valence-corrected chi connectivity index (χ4v) is 1.14. The molecule has 1 N–H and O–H groups in total. The van der Waals surface area contributed by atoms with Crippen LogP contribution in [0.25, 0.3) is 0 Å². The van der Waals surface area contributed by atoms with Gasteiger partial charge in [0.25, 0.3) is 0 Å². The zero-order valence-corrected chi connectivity index (χ0v) is 5.54. The van der Waals surface area contributed by atoms with Crippen LogP contribution in [0, 0.1) is 0 Å². The largest absolute Gasteiger partial charge is 0.393 e. The SMILES string of the molecule is COOC1CCC(O)C1. The molecule has 2 atom stereocenters. The van der Waals surface area contributed by atoms with Crippen LogP contribution in [0.4, 0.5) is 0 Å². The van der Waals surface area contributed by atoms with E-state index >= 15 is 0 Å². The lowest BCUT2D eigenvalue weighted by Gasteiger charge is -2.05. The monoisotopic (exact) mass is 132 g/mol. The van der Waals surface area contributed by atoms with Gasteiger partial charge in [0.15, 0.2) is 0 Å². The fraction of sp³-hybridized carbons (Fsp3) is 1.00. The zero-order valence-electron chi connectivity index (χ0n) is 5.54. The van der Waals surface area contributed by atoms with E-state index in [1.54, 1.807) is 0 Å². The molecule has 0 heterocycles. The summed E-state index contributed by atoms with van der Waals surface area (Å²) in [4.78, 5) is 9.28. The van der Waals surface area contributed by atoms with E-state index in [1.807, 2.05) is 0 Å². The highest BCUT2D eigenvalue weighted by Crippen LogP contribution is 2.21. The molecule has 1 aliphatic carbocycles. The molecule has 1 saturated carbocycles. The molecular weight excluding hydrogens is 120 g/mol. The number of aliphatic hydroxyl groups is 1. The van der Waals surface area contributed by atoms with Gasteiger partial charge in [0, 0.05) is 6.42 Å². The van der Waals surface area contributed by atoms with Gasteiger partial charge in [-0.15, -0.1) is 0 Å². The van der Waals surface area contributed by atoms with Crippen molar-refractivity contribution in [1.82, 2.24) is 0 Å². The topological polar surface area (TPSA) is 38.7 Å². The van der Waals surface area contributed by atoms with Crippen molar-refractivity contribution < 1.29 is 14.9 Å². The smallest absolute Gasteiger partial charge is 0.0955 e. The highest BCUT2D eigenvalue weighted by atomic mass is 17.2. The third-order valence-electron chi connectivity index (χ3n) is 1.59. The molecule has 2 unspecified atom stereocenters. The van der Waals surface area contributed by atoms with Gasteiger partial charge >= 0.3 is 0 Å². The summed E-state index contributed by atoms with van der Waals surface area (Å²) in [5.74, 6) is 0. The van der Waals surface area contributed by atoms with Gasteiger partial charge in [-0.25, -0.2) is 9.78 Å². The number of rotatable bonds is 2. The maximum absolute atomic E-state index is 8.99. The summed E-state index contributed by atoms with van der Waals surface area (Å²) >= 11 is 0. The highest BCUT2D eigenvalue weighted by Gasteiger charge is 2.23. The van der Waals surface area contributed by atoms with E-state index < -0.39 is 0 Å². The summed E-state index contributed by atoms with van der Waals surface area (Å²) in [7, 11) is 1.49. The summed E-state index contributed by atoms with van der Waals surface area (Å²) in [6.45, 7) is 0. The highest BCUT2D eigenvalue weighted by molar-refractivity contribution is 4.73. The molecule has 3 nitrogen and oxygen atoms in total. The van der Waals surface area contributed by atoms with Crippen molar-refractivity contribution in [3.05, 3.63) is 0 Å². The van der Waals surface area contributed by atoms with E-state index in [0.717, 1.165) is 12.8 Å². The molecule has 0 aliphatic heterocycles. The van der Waals surface area contributed by atoms with E-state index in [1.165, 1.54) is 7.11 Å². The van der Waals surface area contributed by atoms with E-state index in [0.29, 0.717) is 6.42 Å². The molecule has 0 amide bonds. The standard InChI is InChI=1S/C6H12O3/c1-8-9-6-3-2-5(7)4-6/h5-7H,2-4H2,1H3. The first kappa shape index (κ1) is 6.99. The average Bonchev–Trinajstić information content (AvgIpc) is 2.17. The van der Waals surface area contributed by atoms with Gasteiger partial charge in [0.1, 0.15) is 0 Å². The molecule has 0 aromatic heterocycles. The van der Waals surface area contributed by atoms with Crippen LogP contribution in [0.3, 0.4) is 0 Å². The second kappa shape index (κ2) is 3.15. The van der Waals surface area contributed by atoms with Crippen molar-refractivity contribution in [2.24, 2.45) is 0 Å². The Morgan fingerprint density at radius 2 is 2.22 bits per heavy atom. The first-order valence-corrected chi connectivity index (χ1v) is 3.20. The molecule has 1 fully saturated rings. The van der Waals surface area contributed by atoms with Crippen molar-refractivity contribution >= 4 is 0 Å². The Labute approximate surface area is 54.5 Å². The van der Waals surface area contributed by atoms with Gasteiger partial charge in [-0.3, -0.25) is 0 Å². The Hall–Kier alpha value is -0.120. The van der Waals surface area contributed by atoms with Crippen LogP contribution in [-0.2, 0) is 9.78 Å². The summed E-state index contributed by atoms with van der Waals surface area (Å²) < 4.78 is 0. The number of hydrogen-bond acceptors (Lipinski definition) is 3. The maximum Gasteiger partial charge on any atom is 0.0955 e. The van der Waals surface area contributed by atoms with Gasteiger partial charge < -0.3 is 5.11 Å². The van der Waals surface area contributed by atoms with Gasteiger partial charge in [-0.2, -0.15) is 0 Å². The second-order valence-corrected chi connectivity index (χ2v) is 2.35. The van der Waals surface area contributed by atoms with Crippen LogP contribution in [0.5, 0.6) is 0 Å². The first-order valence-electron chi connectivity index (χ1n) is 3.20. The van der Waals surface area contributed by atoms with Crippen molar-refractivity contribution in [3.63, 3.8) is 0 Å². The van der Waals surface area contributed by atoms with Crippen LogP contribution < -0.4 is 0 Å². The summed E-state index contributed by atoms with van der Waals surface area (Å²) in [6.07, 6.45) is 2.41. The predicted octanol–water partition coefficient (Wildman–Crippen LogP) is 0.478. The van der Waals surface area contributed by atoms with Crippen LogP contribution in [0.1, 0.15) is 19.3 Å². The van der Waals surface area contributed by atoms with E-state index in [2.05, 4.69) is 4.89 Å². The predicted molar refractivity (Wildman–Crippen MR) is 31.7 cm³/mol. The summed E-state index contributed by atoms with van der Waals surface area (Å²) in [5, 5.41) is 8.99. The molecule has 0 spiro atoms. The molecule has 0 bridgehead atoms. The lowest BCUT2D eigenvalue weighted by molar-refractivity contribution is -0.303. The molecule has 0 aromatic carbocycles. The molecule has 0 aromatic rings. The van der Waals surface area contributed by atoms with Crippen molar-refractivity contribution in [1.29, 1.82) is 0 Å². The van der Waals surface area contributed by atoms with Crippen molar-refractivity contribution in [2.75, 3.05) is 7.11 Å². The lowest BCUT2D eigenvalue weighted by atomic mass is 10.3. The fourth-order valence-electron chi connectivity index (χ4n) is 1.14. The molecule has 1 rings (SSSR count). The summed E-state index contributed by atoms with van der Waals surface area (Å²) in [5.41, 5.74) is 0. The van der Waals surface area contributed by atoms with Gasteiger partial charge in [0.05, 0.1) is 19.3 Å². The molecule has 3 heteroatoms. The van der Waals surface area contributed by atoms with Gasteiger partial charge in [0.2, 0.25) is 0 Å². The second-order valence-electron chi connectivity index (χ2n) is 2.35. The third kappa shape index (κ3) is 1.93. The van der Waals surface area contributed by atoms with Crippen molar-refractivity contribution in [2.45, 2.75) is 31.5 Å². The molecular formula is C6H12O3. The minimum atomic E-state index is -0.176. The maximum atomic E-state index is 8.99. The quantitative estimate of drug-likeness (QED) is 0.438. The van der Waals surface area contributed by atoms with Crippen LogP contribution in [0.15, 0.2) is 0 Å². The third-order valence-corrected chi connectivity index (χ3v) is 1.59. The van der Waals surface area contributed by atoms with E-state index in [4.69, 9.17) is 9.99 Å². The normalized spacial score (nSPS) is 35.3. The molecule has 1 aliphatic rings. The Bertz CT molecular complexity index is 82.4. The Balaban J connectivity index is 2.14. The Morgan fingerprint density at radius 3 is 2.67 bits per heavy atom. The minimum Gasteiger partial charge on any atom is -0.393 e. The van der Waals surface area contributed by atoms with Gasteiger partial charge in [-0.1, -0.05) is 0 Å². The lowest BCUT2D eigenvalue weighted by Crippen LogP contribution is -2.08. The molecule has 54 valence electrons. The molecule has 0 saturated heterocycles. The number of hydrogen-bond donors (Lipinski definition) is 1. The summed E-state index contributed by atoms with van der Waals surface area (Å²) in [6, 6.07) is 0. The van der Waals surface area contributed by atoms with Gasteiger partial charge in [-0.05, 0) is 12.8 Å². The van der Waals surface area contributed by atoms with Crippen LogP contribution in [0.2, 0.25) is 0 Å². The molecule has 0 radical (unpaired) electrons. The van der Waals surface area contributed by atoms with Crippen LogP contribution in [-0.4, -0.2) is 24.4 Å². The molecule has 9 heavy (non-hydrogen) atoms. The number of aliphatic hydroxyl groups excluding tert-OH is 1. The van der Waals surface area contributed by atoms with E-state index in [-0.39, 0.29) is 12.2 Å². The van der Waals surface area contributed by atoms with Crippen molar-refractivity contribution in [3.8, 4) is 0 Å². The zero-order chi connectivity index (χ0) is 6.69.